The molecular formula is C21H20N2O4. The highest BCUT2D eigenvalue weighted by Crippen LogP contribution is 2.34. The molecule has 0 spiro atoms. The molecule has 0 unspecified atom stereocenters. The van der Waals surface area contributed by atoms with Crippen molar-refractivity contribution in [3.63, 3.8) is 0 Å². The molecule has 27 heavy (non-hydrogen) atoms. The van der Waals surface area contributed by atoms with E-state index in [1.165, 1.54) is 0 Å². The van der Waals surface area contributed by atoms with Crippen LogP contribution < -0.4 is 14.8 Å². The van der Waals surface area contributed by atoms with Crippen LogP contribution in [-0.4, -0.2) is 24.1 Å². The van der Waals surface area contributed by atoms with Gasteiger partial charge >= 0.3 is 0 Å². The van der Waals surface area contributed by atoms with E-state index in [9.17, 15) is 4.79 Å². The molecule has 2 aromatic carbocycles. The molecule has 0 bridgehead atoms. The quantitative estimate of drug-likeness (QED) is 0.693. The Hall–Kier alpha value is -3.25. The normalized spacial score (nSPS) is 12.3. The first-order valence-electron chi connectivity index (χ1n) is 8.74. The van der Waals surface area contributed by atoms with Gasteiger partial charge in [-0.25, -0.2) is 0 Å². The van der Waals surface area contributed by atoms with Crippen LogP contribution in [0.4, 0.5) is 5.69 Å². The van der Waals surface area contributed by atoms with Crippen molar-refractivity contribution in [3.8, 4) is 11.5 Å². The predicted molar refractivity (Wildman–Crippen MR) is 100 cm³/mol. The first-order chi connectivity index (χ1) is 13.3. The van der Waals surface area contributed by atoms with Crippen molar-refractivity contribution in [1.82, 2.24) is 4.90 Å². The maximum absolute atomic E-state index is 12.6. The van der Waals surface area contributed by atoms with Gasteiger partial charge in [0.15, 0.2) is 11.5 Å². The summed E-state index contributed by atoms with van der Waals surface area (Å²) in [4.78, 5) is 14.6. The molecule has 4 rings (SSSR count). The van der Waals surface area contributed by atoms with Crippen LogP contribution in [0.5, 0.6) is 11.5 Å². The number of rotatable bonds is 7. The molecule has 1 aromatic heterocycles. The van der Waals surface area contributed by atoms with Gasteiger partial charge in [-0.1, -0.05) is 30.3 Å². The van der Waals surface area contributed by atoms with Crippen LogP contribution in [0.1, 0.15) is 11.3 Å². The lowest BCUT2D eigenvalue weighted by Gasteiger charge is -2.21. The summed E-state index contributed by atoms with van der Waals surface area (Å²) in [5, 5.41) is 2.92. The van der Waals surface area contributed by atoms with Gasteiger partial charge in [0, 0.05) is 18.3 Å². The number of hydrogen-bond donors (Lipinski definition) is 1. The van der Waals surface area contributed by atoms with Crippen LogP contribution in [0.2, 0.25) is 0 Å². The fourth-order valence-electron chi connectivity index (χ4n) is 3.01. The summed E-state index contributed by atoms with van der Waals surface area (Å²) in [5.41, 5.74) is 1.82. The average molecular weight is 364 g/mol. The number of amides is 1. The van der Waals surface area contributed by atoms with E-state index in [0.717, 1.165) is 11.3 Å². The Morgan fingerprint density at radius 1 is 0.963 bits per heavy atom. The van der Waals surface area contributed by atoms with E-state index in [-0.39, 0.29) is 19.2 Å². The molecule has 1 N–H and O–H groups in total. The Bertz CT molecular complexity index is 894. The molecule has 2 heterocycles. The van der Waals surface area contributed by atoms with Crippen molar-refractivity contribution in [2.75, 3.05) is 18.7 Å². The molecule has 1 aliphatic rings. The molecule has 0 fully saturated rings. The highest BCUT2D eigenvalue weighted by Gasteiger charge is 2.16. The van der Waals surface area contributed by atoms with Crippen molar-refractivity contribution >= 4 is 11.6 Å². The Labute approximate surface area is 157 Å². The van der Waals surface area contributed by atoms with E-state index in [0.29, 0.717) is 30.3 Å². The van der Waals surface area contributed by atoms with Crippen molar-refractivity contribution in [2.24, 2.45) is 0 Å². The Morgan fingerprint density at radius 3 is 2.63 bits per heavy atom. The van der Waals surface area contributed by atoms with Crippen LogP contribution in [0, 0.1) is 0 Å². The largest absolute Gasteiger partial charge is 0.468 e. The number of fused-ring (bicyclic) bond motifs is 1. The number of furan rings is 1. The molecule has 0 saturated heterocycles. The molecule has 0 atom stereocenters. The first-order valence-corrected chi connectivity index (χ1v) is 8.74. The molecule has 6 nitrogen and oxygen atoms in total. The maximum atomic E-state index is 12.6. The van der Waals surface area contributed by atoms with Gasteiger partial charge in [-0.15, -0.1) is 0 Å². The lowest BCUT2D eigenvalue weighted by Crippen LogP contribution is -2.32. The molecule has 0 radical (unpaired) electrons. The van der Waals surface area contributed by atoms with Gasteiger partial charge in [0.2, 0.25) is 12.7 Å². The van der Waals surface area contributed by atoms with Gasteiger partial charge < -0.3 is 19.2 Å². The van der Waals surface area contributed by atoms with Crippen molar-refractivity contribution < 1.29 is 18.7 Å². The summed E-state index contributed by atoms with van der Waals surface area (Å²) < 4.78 is 16.1. The first kappa shape index (κ1) is 17.2. The third-order valence-electron chi connectivity index (χ3n) is 4.23. The highest BCUT2D eigenvalue weighted by atomic mass is 16.7. The summed E-state index contributed by atoms with van der Waals surface area (Å²) >= 11 is 0. The van der Waals surface area contributed by atoms with E-state index in [1.807, 2.05) is 47.4 Å². The third kappa shape index (κ3) is 4.48. The third-order valence-corrected chi connectivity index (χ3v) is 4.23. The van der Waals surface area contributed by atoms with Crippen LogP contribution in [0.3, 0.4) is 0 Å². The second-order valence-corrected chi connectivity index (χ2v) is 6.33. The lowest BCUT2D eigenvalue weighted by atomic mass is 10.2. The standard InChI is InChI=1S/C21H20N2O4/c24-21(22-17-8-9-19-20(11-17)27-15-26-19)14-23(13-18-7-4-10-25-18)12-16-5-2-1-3-6-16/h1-11H,12-15H2,(H,22,24). The van der Waals surface area contributed by atoms with Crippen LogP contribution in [0.15, 0.2) is 71.3 Å². The topological polar surface area (TPSA) is 63.9 Å². The van der Waals surface area contributed by atoms with Crippen LogP contribution >= 0.6 is 0 Å². The zero-order valence-electron chi connectivity index (χ0n) is 14.8. The summed E-state index contributed by atoms with van der Waals surface area (Å²) in [6.45, 7) is 1.65. The van der Waals surface area contributed by atoms with Crippen molar-refractivity contribution in [3.05, 3.63) is 78.3 Å². The molecule has 138 valence electrons. The molecule has 1 aliphatic heterocycles. The van der Waals surface area contributed by atoms with Gasteiger partial charge in [-0.3, -0.25) is 9.69 Å². The van der Waals surface area contributed by atoms with Gasteiger partial charge in [0.1, 0.15) is 5.76 Å². The van der Waals surface area contributed by atoms with E-state index in [1.54, 1.807) is 24.5 Å². The minimum absolute atomic E-state index is 0.101. The molecule has 3 aromatic rings. The number of carbonyl (C=O) groups excluding carboxylic acids is 1. The number of nitrogens with one attached hydrogen (secondary N) is 1. The summed E-state index contributed by atoms with van der Waals surface area (Å²) in [6, 6.07) is 19.2. The van der Waals surface area contributed by atoms with E-state index >= 15 is 0 Å². The monoisotopic (exact) mass is 364 g/mol. The fraction of sp³-hybridized carbons (Fsp3) is 0.190. The van der Waals surface area contributed by atoms with Crippen LogP contribution in [-0.2, 0) is 17.9 Å². The van der Waals surface area contributed by atoms with Gasteiger partial charge in [-0.2, -0.15) is 0 Å². The smallest absolute Gasteiger partial charge is 0.238 e. The maximum Gasteiger partial charge on any atom is 0.238 e. The van der Waals surface area contributed by atoms with Crippen molar-refractivity contribution in [1.29, 1.82) is 0 Å². The minimum atomic E-state index is -0.101. The fourth-order valence-corrected chi connectivity index (χ4v) is 3.01. The minimum Gasteiger partial charge on any atom is -0.468 e. The number of anilines is 1. The summed E-state index contributed by atoms with van der Waals surface area (Å²) in [7, 11) is 0. The Kier molecular flexibility index (Phi) is 5.07. The lowest BCUT2D eigenvalue weighted by molar-refractivity contribution is -0.117. The van der Waals surface area contributed by atoms with Gasteiger partial charge in [0.05, 0.1) is 19.4 Å². The van der Waals surface area contributed by atoms with Gasteiger partial charge in [-0.05, 0) is 29.8 Å². The number of carbonyl (C=O) groups is 1. The van der Waals surface area contributed by atoms with Crippen molar-refractivity contribution in [2.45, 2.75) is 13.1 Å². The number of benzene rings is 2. The molecule has 0 aliphatic carbocycles. The summed E-state index contributed by atoms with van der Waals surface area (Å²) in [5.74, 6) is 2.05. The summed E-state index contributed by atoms with van der Waals surface area (Å²) in [6.07, 6.45) is 1.64. The van der Waals surface area contributed by atoms with Crippen LogP contribution in [0.25, 0.3) is 0 Å². The Morgan fingerprint density at radius 2 is 1.81 bits per heavy atom. The number of hydrogen-bond acceptors (Lipinski definition) is 5. The number of nitrogens with zero attached hydrogens (tertiary/aromatic N) is 1. The molecule has 6 heteroatoms. The SMILES string of the molecule is O=C(CN(Cc1ccccc1)Cc1ccco1)Nc1ccc2c(c1)OCO2. The molecular weight excluding hydrogens is 344 g/mol. The van der Waals surface area contributed by atoms with E-state index < -0.39 is 0 Å². The molecule has 1 amide bonds. The Balaban J connectivity index is 1.42. The molecule has 0 saturated carbocycles. The second kappa shape index (κ2) is 7.97. The predicted octanol–water partition coefficient (Wildman–Crippen LogP) is 3.65. The highest BCUT2D eigenvalue weighted by molar-refractivity contribution is 5.92. The van der Waals surface area contributed by atoms with E-state index in [2.05, 4.69) is 5.32 Å². The van der Waals surface area contributed by atoms with E-state index in [4.69, 9.17) is 13.9 Å². The van der Waals surface area contributed by atoms with Gasteiger partial charge in [0.25, 0.3) is 0 Å². The zero-order valence-corrected chi connectivity index (χ0v) is 14.8. The number of ether oxygens (including phenoxy) is 2. The zero-order chi connectivity index (χ0) is 18.5. The second-order valence-electron chi connectivity index (χ2n) is 6.33. The average Bonchev–Trinajstić information content (AvgIpc) is 3.33.